The van der Waals surface area contributed by atoms with Crippen molar-refractivity contribution >= 4 is 12.4 Å². The summed E-state index contributed by atoms with van der Waals surface area (Å²) in [4.78, 5) is 3.98. The van der Waals surface area contributed by atoms with Gasteiger partial charge in [-0.15, -0.1) is 12.4 Å². The lowest BCUT2D eigenvalue weighted by atomic mass is 10.3. The molecule has 1 N–H and O–H groups in total. The van der Waals surface area contributed by atoms with Crippen LogP contribution in [-0.4, -0.2) is 24.2 Å². The van der Waals surface area contributed by atoms with Crippen LogP contribution in [0.5, 0.6) is 5.75 Å². The van der Waals surface area contributed by atoms with Gasteiger partial charge in [-0.2, -0.15) is 0 Å². The Hall–Kier alpha value is -0.800. The van der Waals surface area contributed by atoms with Crippen LogP contribution < -0.4 is 10.1 Å². The minimum atomic E-state index is 0. The lowest BCUT2D eigenvalue weighted by Crippen LogP contribution is -2.19. The van der Waals surface area contributed by atoms with Crippen LogP contribution in [-0.2, 0) is 0 Å². The number of pyridine rings is 1. The summed E-state index contributed by atoms with van der Waals surface area (Å²) >= 11 is 0. The van der Waals surface area contributed by atoms with Gasteiger partial charge in [0.2, 0.25) is 0 Å². The zero-order chi connectivity index (χ0) is 8.23. The second kappa shape index (κ2) is 5.04. The Balaban J connectivity index is 0.000000845. The molecule has 13 heavy (non-hydrogen) atoms. The maximum atomic E-state index is 5.65. The molecule has 1 aliphatic heterocycles. The molecule has 0 radical (unpaired) electrons. The predicted octanol–water partition coefficient (Wildman–Crippen LogP) is 1.24. The molecule has 0 bridgehead atoms. The van der Waals surface area contributed by atoms with E-state index in [2.05, 4.69) is 10.3 Å². The van der Waals surface area contributed by atoms with Gasteiger partial charge in [-0.3, -0.25) is 4.98 Å². The fourth-order valence-corrected chi connectivity index (χ4v) is 1.34. The first-order valence-corrected chi connectivity index (χ1v) is 4.22. The number of aromatic nitrogens is 1. The van der Waals surface area contributed by atoms with Crippen LogP contribution in [0.25, 0.3) is 0 Å². The Labute approximate surface area is 83.9 Å². The Morgan fingerprint density at radius 3 is 3.08 bits per heavy atom. The monoisotopic (exact) mass is 200 g/mol. The molecule has 2 heterocycles. The number of nitrogens with zero attached hydrogens (tertiary/aromatic N) is 1. The SMILES string of the molecule is Cl.c1cncc(O[C@H]2CCNC2)c1. The highest BCUT2D eigenvalue weighted by Gasteiger charge is 2.15. The number of ether oxygens (including phenoxy) is 1. The van der Waals surface area contributed by atoms with Crippen molar-refractivity contribution in [1.82, 2.24) is 10.3 Å². The maximum Gasteiger partial charge on any atom is 0.138 e. The highest BCUT2D eigenvalue weighted by Crippen LogP contribution is 2.12. The van der Waals surface area contributed by atoms with Gasteiger partial charge in [-0.05, 0) is 25.1 Å². The summed E-state index contributed by atoms with van der Waals surface area (Å²) < 4.78 is 5.65. The molecule has 72 valence electrons. The molecule has 1 aliphatic rings. The van der Waals surface area contributed by atoms with Gasteiger partial charge in [0.05, 0.1) is 6.20 Å². The summed E-state index contributed by atoms with van der Waals surface area (Å²) in [7, 11) is 0. The van der Waals surface area contributed by atoms with E-state index in [1.165, 1.54) is 0 Å². The van der Waals surface area contributed by atoms with Crippen molar-refractivity contribution in [3.05, 3.63) is 24.5 Å². The lowest BCUT2D eigenvalue weighted by molar-refractivity contribution is 0.222. The van der Waals surface area contributed by atoms with E-state index in [1.54, 1.807) is 12.4 Å². The van der Waals surface area contributed by atoms with E-state index >= 15 is 0 Å². The second-order valence-electron chi connectivity index (χ2n) is 2.92. The smallest absolute Gasteiger partial charge is 0.138 e. The maximum absolute atomic E-state index is 5.65. The van der Waals surface area contributed by atoms with Crippen molar-refractivity contribution in [2.45, 2.75) is 12.5 Å². The molecule has 4 heteroatoms. The number of rotatable bonds is 2. The molecule has 1 saturated heterocycles. The van der Waals surface area contributed by atoms with E-state index in [-0.39, 0.29) is 12.4 Å². The fraction of sp³-hybridized carbons (Fsp3) is 0.444. The van der Waals surface area contributed by atoms with Crippen LogP contribution >= 0.6 is 12.4 Å². The molecule has 1 atom stereocenters. The van der Waals surface area contributed by atoms with Crippen LogP contribution in [0.2, 0.25) is 0 Å². The third-order valence-electron chi connectivity index (χ3n) is 1.95. The lowest BCUT2D eigenvalue weighted by Gasteiger charge is -2.10. The summed E-state index contributed by atoms with van der Waals surface area (Å²) in [5.41, 5.74) is 0. The summed E-state index contributed by atoms with van der Waals surface area (Å²) in [5.74, 6) is 0.867. The topological polar surface area (TPSA) is 34.1 Å². The van der Waals surface area contributed by atoms with E-state index in [4.69, 9.17) is 4.74 Å². The van der Waals surface area contributed by atoms with Crippen LogP contribution in [0.4, 0.5) is 0 Å². The first-order valence-electron chi connectivity index (χ1n) is 4.22. The Bertz CT molecular complexity index is 237. The standard InChI is InChI=1S/C9H12N2O.ClH/c1-2-8(6-10-4-1)12-9-3-5-11-7-9;/h1-2,4,6,9,11H,3,5,7H2;1H/t9-;/m0./s1. The van der Waals surface area contributed by atoms with E-state index in [0.29, 0.717) is 6.10 Å². The van der Waals surface area contributed by atoms with Crippen molar-refractivity contribution in [2.24, 2.45) is 0 Å². The van der Waals surface area contributed by atoms with Crippen molar-refractivity contribution < 1.29 is 4.74 Å². The minimum absolute atomic E-state index is 0. The molecule has 0 aliphatic carbocycles. The van der Waals surface area contributed by atoms with Gasteiger partial charge in [-0.25, -0.2) is 0 Å². The second-order valence-corrected chi connectivity index (χ2v) is 2.92. The third kappa shape index (κ3) is 2.86. The fourth-order valence-electron chi connectivity index (χ4n) is 1.34. The van der Waals surface area contributed by atoms with Crippen molar-refractivity contribution in [3.63, 3.8) is 0 Å². The van der Waals surface area contributed by atoms with Crippen molar-refractivity contribution in [3.8, 4) is 5.75 Å². The van der Waals surface area contributed by atoms with Crippen molar-refractivity contribution in [1.29, 1.82) is 0 Å². The van der Waals surface area contributed by atoms with Gasteiger partial charge in [0, 0.05) is 12.7 Å². The van der Waals surface area contributed by atoms with E-state index in [0.717, 1.165) is 25.3 Å². The van der Waals surface area contributed by atoms with E-state index in [9.17, 15) is 0 Å². The largest absolute Gasteiger partial charge is 0.487 e. The van der Waals surface area contributed by atoms with Crippen LogP contribution in [0.3, 0.4) is 0 Å². The zero-order valence-electron chi connectivity index (χ0n) is 7.27. The molecule has 1 aromatic rings. The van der Waals surface area contributed by atoms with E-state index in [1.807, 2.05) is 12.1 Å². The van der Waals surface area contributed by atoms with Crippen LogP contribution in [0, 0.1) is 0 Å². The Kier molecular flexibility index (Phi) is 3.99. The first kappa shape index (κ1) is 10.3. The Morgan fingerprint density at radius 2 is 2.46 bits per heavy atom. The molecule has 0 amide bonds. The highest BCUT2D eigenvalue weighted by molar-refractivity contribution is 5.85. The quantitative estimate of drug-likeness (QED) is 0.780. The molecular weight excluding hydrogens is 188 g/mol. The molecule has 2 rings (SSSR count). The Morgan fingerprint density at radius 1 is 1.54 bits per heavy atom. The number of hydrogen-bond acceptors (Lipinski definition) is 3. The van der Waals surface area contributed by atoms with Gasteiger partial charge in [0.1, 0.15) is 11.9 Å². The molecular formula is C9H13ClN2O. The molecule has 3 nitrogen and oxygen atoms in total. The molecule has 0 saturated carbocycles. The van der Waals surface area contributed by atoms with Crippen molar-refractivity contribution in [2.75, 3.05) is 13.1 Å². The molecule has 0 unspecified atom stereocenters. The molecule has 0 aromatic carbocycles. The summed E-state index contributed by atoms with van der Waals surface area (Å²) in [6.45, 7) is 2.01. The zero-order valence-corrected chi connectivity index (χ0v) is 8.09. The van der Waals surface area contributed by atoms with Crippen LogP contribution in [0.1, 0.15) is 6.42 Å². The number of nitrogens with one attached hydrogen (secondary N) is 1. The highest BCUT2D eigenvalue weighted by atomic mass is 35.5. The number of halogens is 1. The molecule has 0 spiro atoms. The molecule has 1 aromatic heterocycles. The average molecular weight is 201 g/mol. The van der Waals surface area contributed by atoms with Crippen LogP contribution in [0.15, 0.2) is 24.5 Å². The predicted molar refractivity (Wildman–Crippen MR) is 53.4 cm³/mol. The number of hydrogen-bond donors (Lipinski definition) is 1. The van der Waals surface area contributed by atoms with E-state index < -0.39 is 0 Å². The van der Waals surface area contributed by atoms with Gasteiger partial charge in [-0.1, -0.05) is 0 Å². The summed E-state index contributed by atoms with van der Waals surface area (Å²) in [5, 5.41) is 3.25. The van der Waals surface area contributed by atoms with Gasteiger partial charge < -0.3 is 10.1 Å². The summed E-state index contributed by atoms with van der Waals surface area (Å²) in [6.07, 6.45) is 4.92. The van der Waals surface area contributed by atoms with Gasteiger partial charge >= 0.3 is 0 Å². The average Bonchev–Trinajstić information content (AvgIpc) is 2.59. The minimum Gasteiger partial charge on any atom is -0.487 e. The third-order valence-corrected chi connectivity index (χ3v) is 1.95. The molecule has 1 fully saturated rings. The van der Waals surface area contributed by atoms with Gasteiger partial charge in [0.25, 0.3) is 0 Å². The normalized spacial score (nSPS) is 20.8. The summed E-state index contributed by atoms with van der Waals surface area (Å²) in [6, 6.07) is 3.82. The van der Waals surface area contributed by atoms with Gasteiger partial charge in [0.15, 0.2) is 0 Å². The first-order chi connectivity index (χ1) is 5.95.